The molecule has 0 spiro atoms. The van der Waals surface area contributed by atoms with E-state index in [0.29, 0.717) is 23.1 Å². The first-order chi connectivity index (χ1) is 10.1. The van der Waals surface area contributed by atoms with Crippen molar-refractivity contribution in [1.82, 2.24) is 9.78 Å². The molecule has 5 heteroatoms. The van der Waals surface area contributed by atoms with Gasteiger partial charge in [0.1, 0.15) is 0 Å². The zero-order valence-electron chi connectivity index (χ0n) is 12.5. The number of halogens is 2. The molecule has 0 fully saturated rings. The van der Waals surface area contributed by atoms with Gasteiger partial charge in [0.2, 0.25) is 0 Å². The molecule has 0 aliphatic carbocycles. The number of aryl methyl sites for hydroxylation is 1. The minimum absolute atomic E-state index is 0.646. The van der Waals surface area contributed by atoms with Gasteiger partial charge in [0.15, 0.2) is 0 Å². The van der Waals surface area contributed by atoms with Crippen molar-refractivity contribution >= 4 is 23.2 Å². The average molecular weight is 326 g/mol. The highest BCUT2D eigenvalue weighted by molar-refractivity contribution is 6.35. The highest BCUT2D eigenvalue weighted by Crippen LogP contribution is 2.24. The van der Waals surface area contributed by atoms with Crippen molar-refractivity contribution < 1.29 is 0 Å². The molecule has 1 aromatic carbocycles. The van der Waals surface area contributed by atoms with Crippen LogP contribution in [0.1, 0.15) is 36.4 Å². The van der Waals surface area contributed by atoms with E-state index in [1.54, 1.807) is 6.07 Å². The molecule has 2 N–H and O–H groups in total. The Balaban J connectivity index is 2.39. The molecule has 21 heavy (non-hydrogen) atoms. The minimum Gasteiger partial charge on any atom is -0.330 e. The van der Waals surface area contributed by atoms with Crippen molar-refractivity contribution in [3.05, 3.63) is 50.8 Å². The summed E-state index contributed by atoms with van der Waals surface area (Å²) in [6, 6.07) is 5.59. The Kier molecular flexibility index (Phi) is 5.68. The Morgan fingerprint density at radius 1 is 1.19 bits per heavy atom. The highest BCUT2D eigenvalue weighted by atomic mass is 35.5. The number of nitrogens with zero attached hydrogens (tertiary/aromatic N) is 2. The molecule has 0 bridgehead atoms. The first kappa shape index (κ1) is 16.3. The normalized spacial score (nSPS) is 11.1. The van der Waals surface area contributed by atoms with Gasteiger partial charge in [-0.15, -0.1) is 0 Å². The maximum atomic E-state index is 6.27. The van der Waals surface area contributed by atoms with E-state index < -0.39 is 0 Å². The lowest BCUT2D eigenvalue weighted by molar-refractivity contribution is 0.639. The van der Waals surface area contributed by atoms with Gasteiger partial charge >= 0.3 is 0 Å². The zero-order valence-corrected chi connectivity index (χ0v) is 14.0. The summed E-state index contributed by atoms with van der Waals surface area (Å²) < 4.78 is 2.05. The summed E-state index contributed by atoms with van der Waals surface area (Å²) >= 11 is 12.2. The topological polar surface area (TPSA) is 43.8 Å². The van der Waals surface area contributed by atoms with Crippen LogP contribution in [-0.4, -0.2) is 16.3 Å². The fourth-order valence-electron chi connectivity index (χ4n) is 2.64. The van der Waals surface area contributed by atoms with E-state index in [1.807, 2.05) is 12.1 Å². The molecule has 0 saturated carbocycles. The van der Waals surface area contributed by atoms with Crippen molar-refractivity contribution in [2.24, 2.45) is 5.73 Å². The van der Waals surface area contributed by atoms with Gasteiger partial charge in [0.05, 0.1) is 12.2 Å². The third-order valence-electron chi connectivity index (χ3n) is 3.65. The summed E-state index contributed by atoms with van der Waals surface area (Å²) in [6.45, 7) is 5.59. The lowest BCUT2D eigenvalue weighted by Crippen LogP contribution is -2.09. The van der Waals surface area contributed by atoms with Crippen LogP contribution in [0.4, 0.5) is 0 Å². The van der Waals surface area contributed by atoms with E-state index in [-0.39, 0.29) is 0 Å². The molecule has 0 aliphatic rings. The fraction of sp³-hybridized carbons (Fsp3) is 0.438. The lowest BCUT2D eigenvalue weighted by Gasteiger charge is -2.09. The Morgan fingerprint density at radius 3 is 2.52 bits per heavy atom. The maximum Gasteiger partial charge on any atom is 0.0677 e. The Bertz CT molecular complexity index is 620. The predicted molar refractivity (Wildman–Crippen MR) is 89.3 cm³/mol. The van der Waals surface area contributed by atoms with Crippen LogP contribution < -0.4 is 5.73 Å². The number of nitrogens with two attached hydrogens (primary N) is 1. The number of rotatable bonds is 6. The summed E-state index contributed by atoms with van der Waals surface area (Å²) in [5, 5.41) is 6.08. The Hall–Kier alpha value is -1.03. The van der Waals surface area contributed by atoms with Crippen LogP contribution >= 0.6 is 23.2 Å². The van der Waals surface area contributed by atoms with Crippen molar-refractivity contribution in [3.8, 4) is 0 Å². The largest absolute Gasteiger partial charge is 0.330 e. The molecule has 3 nitrogen and oxygen atoms in total. The van der Waals surface area contributed by atoms with Gasteiger partial charge in [-0.1, -0.05) is 43.1 Å². The third kappa shape index (κ3) is 3.60. The van der Waals surface area contributed by atoms with Crippen molar-refractivity contribution in [3.63, 3.8) is 0 Å². The van der Waals surface area contributed by atoms with E-state index in [4.69, 9.17) is 34.0 Å². The maximum absolute atomic E-state index is 6.27. The number of hydrogen-bond donors (Lipinski definition) is 1. The van der Waals surface area contributed by atoms with E-state index in [9.17, 15) is 0 Å². The molecule has 2 aromatic rings. The lowest BCUT2D eigenvalue weighted by atomic mass is 10.1. The van der Waals surface area contributed by atoms with Crippen LogP contribution in [0.25, 0.3) is 0 Å². The highest BCUT2D eigenvalue weighted by Gasteiger charge is 2.15. The average Bonchev–Trinajstić information content (AvgIpc) is 2.79. The molecule has 0 saturated heterocycles. The molecular formula is C16H21Cl2N3. The predicted octanol–water partition coefficient (Wildman–Crippen LogP) is 3.86. The smallest absolute Gasteiger partial charge is 0.0677 e. The second kappa shape index (κ2) is 7.30. The summed E-state index contributed by atoms with van der Waals surface area (Å²) in [5.74, 6) is 0. The van der Waals surface area contributed by atoms with Crippen molar-refractivity contribution in [2.75, 3.05) is 6.54 Å². The van der Waals surface area contributed by atoms with Gasteiger partial charge in [-0.3, -0.25) is 4.68 Å². The number of benzene rings is 1. The standard InChI is InChI=1S/C16H21Cl2N3/c1-3-15-13(7-8-19)16(4-2)21(20-15)10-11-5-6-12(17)9-14(11)18/h5-6,9H,3-4,7-8,10,19H2,1-2H3. The molecule has 0 atom stereocenters. The minimum atomic E-state index is 0.646. The SMILES string of the molecule is CCc1nn(Cc2ccc(Cl)cc2Cl)c(CC)c1CCN. The zero-order chi connectivity index (χ0) is 15.4. The summed E-state index contributed by atoms with van der Waals surface area (Å²) in [5.41, 5.74) is 10.5. The van der Waals surface area contributed by atoms with Gasteiger partial charge < -0.3 is 5.73 Å². The van der Waals surface area contributed by atoms with E-state index in [2.05, 4.69) is 18.5 Å². The van der Waals surface area contributed by atoms with Crippen LogP contribution in [0.3, 0.4) is 0 Å². The van der Waals surface area contributed by atoms with Gasteiger partial charge in [0.25, 0.3) is 0 Å². The number of hydrogen-bond acceptors (Lipinski definition) is 2. The molecule has 0 aliphatic heterocycles. The molecule has 1 aromatic heterocycles. The monoisotopic (exact) mass is 325 g/mol. The van der Waals surface area contributed by atoms with Crippen LogP contribution in [0.2, 0.25) is 10.0 Å². The molecule has 0 radical (unpaired) electrons. The van der Waals surface area contributed by atoms with Gasteiger partial charge in [-0.2, -0.15) is 5.10 Å². The first-order valence-electron chi connectivity index (χ1n) is 7.32. The molecule has 1 heterocycles. The summed E-state index contributed by atoms with van der Waals surface area (Å²) in [4.78, 5) is 0. The van der Waals surface area contributed by atoms with Gasteiger partial charge in [-0.25, -0.2) is 0 Å². The summed E-state index contributed by atoms with van der Waals surface area (Å²) in [7, 11) is 0. The van der Waals surface area contributed by atoms with Crippen LogP contribution in [0.5, 0.6) is 0 Å². The second-order valence-electron chi connectivity index (χ2n) is 5.01. The fourth-order valence-corrected chi connectivity index (χ4v) is 3.11. The molecule has 2 rings (SSSR count). The van der Waals surface area contributed by atoms with Crippen molar-refractivity contribution in [2.45, 2.75) is 39.7 Å². The molecule has 0 amide bonds. The molecular weight excluding hydrogens is 305 g/mol. The first-order valence-corrected chi connectivity index (χ1v) is 8.07. The Morgan fingerprint density at radius 2 is 1.95 bits per heavy atom. The molecule has 114 valence electrons. The van der Waals surface area contributed by atoms with E-state index in [1.165, 1.54) is 11.3 Å². The molecule has 0 unspecified atom stereocenters. The van der Waals surface area contributed by atoms with Crippen LogP contribution in [0, 0.1) is 0 Å². The number of aromatic nitrogens is 2. The third-order valence-corrected chi connectivity index (χ3v) is 4.24. The van der Waals surface area contributed by atoms with Gasteiger partial charge in [0, 0.05) is 15.7 Å². The van der Waals surface area contributed by atoms with Crippen LogP contribution in [-0.2, 0) is 25.8 Å². The quantitative estimate of drug-likeness (QED) is 0.876. The second-order valence-corrected chi connectivity index (χ2v) is 5.85. The van der Waals surface area contributed by atoms with Crippen LogP contribution in [0.15, 0.2) is 18.2 Å². The van der Waals surface area contributed by atoms with E-state index in [0.717, 1.165) is 30.5 Å². The Labute approximate surface area is 136 Å². The van der Waals surface area contributed by atoms with Crippen molar-refractivity contribution in [1.29, 1.82) is 0 Å². The summed E-state index contributed by atoms with van der Waals surface area (Å²) in [6.07, 6.45) is 2.73. The van der Waals surface area contributed by atoms with E-state index >= 15 is 0 Å². The van der Waals surface area contributed by atoms with Gasteiger partial charge in [-0.05, 0) is 49.1 Å².